The Morgan fingerprint density at radius 3 is 2.94 bits per heavy atom. The predicted molar refractivity (Wildman–Crippen MR) is 74.1 cm³/mol. The number of anilines is 2. The summed E-state index contributed by atoms with van der Waals surface area (Å²) < 4.78 is 4.01. The van der Waals surface area contributed by atoms with Gasteiger partial charge in [-0.15, -0.1) is 0 Å². The summed E-state index contributed by atoms with van der Waals surface area (Å²) in [6.07, 6.45) is 2.60. The summed E-state index contributed by atoms with van der Waals surface area (Å²) in [7, 11) is 3.71. The minimum Gasteiger partial charge on any atom is -0.382 e. The van der Waals surface area contributed by atoms with Gasteiger partial charge < -0.3 is 21.3 Å². The number of aromatic nitrogens is 1. The van der Waals surface area contributed by atoms with Crippen molar-refractivity contribution in [2.75, 3.05) is 38.2 Å². The van der Waals surface area contributed by atoms with Crippen molar-refractivity contribution in [1.29, 1.82) is 0 Å². The third-order valence-corrected chi connectivity index (χ3v) is 3.91. The maximum absolute atomic E-state index is 11.7. The number of nitrogens with zero attached hydrogens (tertiary/aromatic N) is 2. The molecule has 4 N–H and O–H groups in total. The standard InChI is InChI=1S/C11H19N5OS/c1-13-10(17)8-9(12)15-18-11(8)14-5-6-16(2)7-3-4-7/h7,14H,3-6H2,1-2H3,(H2,12,15)(H,13,17). The van der Waals surface area contributed by atoms with E-state index in [2.05, 4.69) is 27.0 Å². The Kier molecular flexibility index (Phi) is 4.03. The van der Waals surface area contributed by atoms with Crippen molar-refractivity contribution in [2.24, 2.45) is 0 Å². The average molecular weight is 269 g/mol. The van der Waals surface area contributed by atoms with Crippen molar-refractivity contribution in [3.8, 4) is 0 Å². The molecule has 0 atom stereocenters. The highest BCUT2D eigenvalue weighted by molar-refractivity contribution is 7.11. The molecule has 1 aliphatic carbocycles. The summed E-state index contributed by atoms with van der Waals surface area (Å²) in [5.41, 5.74) is 6.15. The number of likely N-dealkylation sites (N-methyl/N-ethyl adjacent to an activating group) is 1. The molecule has 0 spiro atoms. The van der Waals surface area contributed by atoms with Crippen LogP contribution in [0.25, 0.3) is 0 Å². The Bertz CT molecular complexity index is 429. The van der Waals surface area contributed by atoms with Crippen LogP contribution in [0.5, 0.6) is 0 Å². The van der Waals surface area contributed by atoms with E-state index in [0.29, 0.717) is 5.56 Å². The molecule has 1 fully saturated rings. The van der Waals surface area contributed by atoms with Gasteiger partial charge in [0.1, 0.15) is 10.6 Å². The molecule has 2 rings (SSSR count). The highest BCUT2D eigenvalue weighted by Crippen LogP contribution is 2.27. The van der Waals surface area contributed by atoms with Crippen molar-refractivity contribution < 1.29 is 4.79 Å². The second kappa shape index (κ2) is 5.53. The number of carbonyl (C=O) groups excluding carboxylic acids is 1. The number of carbonyl (C=O) groups is 1. The van der Waals surface area contributed by atoms with Crippen LogP contribution in [0.15, 0.2) is 0 Å². The molecule has 1 aliphatic rings. The first-order chi connectivity index (χ1) is 8.63. The summed E-state index contributed by atoms with van der Waals surface area (Å²) >= 11 is 1.23. The van der Waals surface area contributed by atoms with E-state index in [4.69, 9.17) is 5.73 Å². The lowest BCUT2D eigenvalue weighted by Crippen LogP contribution is -2.27. The van der Waals surface area contributed by atoms with E-state index < -0.39 is 0 Å². The zero-order valence-corrected chi connectivity index (χ0v) is 11.5. The van der Waals surface area contributed by atoms with Gasteiger partial charge in [-0.25, -0.2) is 0 Å². The summed E-state index contributed by atoms with van der Waals surface area (Å²) in [6.45, 7) is 1.74. The molecule has 0 radical (unpaired) electrons. The fourth-order valence-electron chi connectivity index (χ4n) is 1.81. The van der Waals surface area contributed by atoms with Crippen LogP contribution in [0, 0.1) is 0 Å². The molecular weight excluding hydrogens is 250 g/mol. The van der Waals surface area contributed by atoms with Gasteiger partial charge in [-0.2, -0.15) is 4.37 Å². The first-order valence-electron chi connectivity index (χ1n) is 6.04. The third-order valence-electron chi connectivity index (χ3n) is 3.09. The highest BCUT2D eigenvalue weighted by atomic mass is 32.1. The molecule has 1 saturated carbocycles. The highest BCUT2D eigenvalue weighted by Gasteiger charge is 2.25. The maximum atomic E-state index is 11.7. The first kappa shape index (κ1) is 13.1. The van der Waals surface area contributed by atoms with Crippen LogP contribution in [0.3, 0.4) is 0 Å². The van der Waals surface area contributed by atoms with Crippen molar-refractivity contribution in [3.63, 3.8) is 0 Å². The summed E-state index contributed by atoms with van der Waals surface area (Å²) in [4.78, 5) is 14.0. The van der Waals surface area contributed by atoms with Crippen LogP contribution < -0.4 is 16.4 Å². The second-order valence-electron chi connectivity index (χ2n) is 4.49. The lowest BCUT2D eigenvalue weighted by atomic mass is 10.3. The van der Waals surface area contributed by atoms with Crippen molar-refractivity contribution in [3.05, 3.63) is 5.56 Å². The van der Waals surface area contributed by atoms with Gasteiger partial charge in [0.15, 0.2) is 5.82 Å². The van der Waals surface area contributed by atoms with Crippen LogP contribution in [0.2, 0.25) is 0 Å². The fraction of sp³-hybridized carbons (Fsp3) is 0.636. The molecule has 1 aromatic rings. The Hall–Kier alpha value is -1.34. The van der Waals surface area contributed by atoms with Gasteiger partial charge in [-0.05, 0) is 31.4 Å². The van der Waals surface area contributed by atoms with Crippen molar-refractivity contribution in [2.45, 2.75) is 18.9 Å². The number of nitrogen functional groups attached to an aromatic ring is 1. The molecule has 1 heterocycles. The number of nitrogens with two attached hydrogens (primary N) is 1. The summed E-state index contributed by atoms with van der Waals surface area (Å²) in [6, 6.07) is 0.747. The largest absolute Gasteiger partial charge is 0.382 e. The minimum atomic E-state index is -0.195. The zero-order chi connectivity index (χ0) is 13.1. The molecule has 6 nitrogen and oxygen atoms in total. The SMILES string of the molecule is CNC(=O)c1c(N)nsc1NCCN(C)C1CC1. The maximum Gasteiger partial charge on any atom is 0.257 e. The summed E-state index contributed by atoms with van der Waals surface area (Å²) in [5.74, 6) is 0.0942. The number of amides is 1. The Balaban J connectivity index is 1.90. The van der Waals surface area contributed by atoms with E-state index >= 15 is 0 Å². The molecule has 0 aromatic carbocycles. The smallest absolute Gasteiger partial charge is 0.257 e. The normalized spacial score (nSPS) is 14.8. The number of hydrogen-bond donors (Lipinski definition) is 3. The quantitative estimate of drug-likeness (QED) is 0.704. The molecule has 7 heteroatoms. The van der Waals surface area contributed by atoms with Crippen LogP contribution in [-0.4, -0.2) is 48.4 Å². The van der Waals surface area contributed by atoms with Gasteiger partial charge in [-0.3, -0.25) is 4.79 Å². The number of rotatable bonds is 6. The average Bonchev–Trinajstić information content (AvgIpc) is 3.14. The van der Waals surface area contributed by atoms with E-state index in [1.54, 1.807) is 7.05 Å². The van der Waals surface area contributed by atoms with Gasteiger partial charge in [-0.1, -0.05) is 0 Å². The van der Waals surface area contributed by atoms with Crippen LogP contribution in [0.4, 0.5) is 10.8 Å². The molecule has 18 heavy (non-hydrogen) atoms. The minimum absolute atomic E-state index is 0.195. The van der Waals surface area contributed by atoms with E-state index in [1.165, 1.54) is 24.4 Å². The zero-order valence-electron chi connectivity index (χ0n) is 10.7. The Labute approximate surface area is 111 Å². The third kappa shape index (κ3) is 2.91. The van der Waals surface area contributed by atoms with E-state index in [0.717, 1.165) is 24.1 Å². The van der Waals surface area contributed by atoms with Crippen LogP contribution in [-0.2, 0) is 0 Å². The molecule has 1 amide bonds. The number of hydrogen-bond acceptors (Lipinski definition) is 6. The topological polar surface area (TPSA) is 83.3 Å². The lowest BCUT2D eigenvalue weighted by Gasteiger charge is -2.15. The number of nitrogens with one attached hydrogen (secondary N) is 2. The fourth-order valence-corrected chi connectivity index (χ4v) is 2.55. The summed E-state index contributed by atoms with van der Waals surface area (Å²) in [5, 5.41) is 6.56. The predicted octanol–water partition coefficient (Wildman–Crippen LogP) is 0.591. The Morgan fingerprint density at radius 2 is 2.33 bits per heavy atom. The van der Waals surface area contributed by atoms with Crippen LogP contribution in [0.1, 0.15) is 23.2 Å². The molecule has 0 aliphatic heterocycles. The van der Waals surface area contributed by atoms with Crippen LogP contribution >= 0.6 is 11.5 Å². The van der Waals surface area contributed by atoms with Gasteiger partial charge in [0.2, 0.25) is 0 Å². The van der Waals surface area contributed by atoms with Gasteiger partial charge in [0, 0.05) is 26.2 Å². The molecular formula is C11H19N5OS. The van der Waals surface area contributed by atoms with Crippen molar-refractivity contribution >= 4 is 28.3 Å². The van der Waals surface area contributed by atoms with Gasteiger partial charge >= 0.3 is 0 Å². The molecule has 100 valence electrons. The second-order valence-corrected chi connectivity index (χ2v) is 5.26. The van der Waals surface area contributed by atoms with Crippen molar-refractivity contribution in [1.82, 2.24) is 14.6 Å². The lowest BCUT2D eigenvalue weighted by molar-refractivity contribution is 0.0965. The first-order valence-corrected chi connectivity index (χ1v) is 6.82. The molecule has 1 aromatic heterocycles. The van der Waals surface area contributed by atoms with Gasteiger partial charge in [0.05, 0.1) is 0 Å². The van der Waals surface area contributed by atoms with E-state index in [-0.39, 0.29) is 11.7 Å². The van der Waals surface area contributed by atoms with E-state index in [1.807, 2.05) is 0 Å². The molecule has 0 unspecified atom stereocenters. The van der Waals surface area contributed by atoms with E-state index in [9.17, 15) is 4.79 Å². The molecule has 0 saturated heterocycles. The molecule has 0 bridgehead atoms. The monoisotopic (exact) mass is 269 g/mol. The Morgan fingerprint density at radius 1 is 1.61 bits per heavy atom. The van der Waals surface area contributed by atoms with Gasteiger partial charge in [0.25, 0.3) is 5.91 Å².